The van der Waals surface area contributed by atoms with Gasteiger partial charge in [-0.25, -0.2) is 0 Å². The Balaban J connectivity index is 2.51. The average molecular weight is 450 g/mol. The fourth-order valence-corrected chi connectivity index (χ4v) is 3.12. The van der Waals surface area contributed by atoms with Gasteiger partial charge in [0, 0.05) is 19.0 Å². The smallest absolute Gasteiger partial charge is 0.124 e. The summed E-state index contributed by atoms with van der Waals surface area (Å²) in [5, 5.41) is 0. The predicted octanol–water partition coefficient (Wildman–Crippen LogP) is 5.03. The second-order valence-corrected chi connectivity index (χ2v) is 6.72. The molecule has 0 saturated heterocycles. The lowest BCUT2D eigenvalue weighted by Crippen LogP contribution is -2.13. The van der Waals surface area contributed by atoms with Crippen molar-refractivity contribution in [2.75, 3.05) is 7.11 Å². The molecule has 2 N–H and O–H groups in total. The van der Waals surface area contributed by atoms with Crippen molar-refractivity contribution < 1.29 is 4.74 Å². The van der Waals surface area contributed by atoms with Crippen LogP contribution in [-0.4, -0.2) is 7.11 Å². The average Bonchev–Trinajstić information content (AvgIpc) is 2.40. The van der Waals surface area contributed by atoms with Crippen LogP contribution in [0.1, 0.15) is 17.2 Å². The molecule has 0 aliphatic carbocycles. The standard InChI is InChI=1S/C14H12Br3NO/c1-19-13-5-3-9(16)7-11(13)14(18)10-6-8(15)2-4-12(10)17/h2-7,14H,18H2,1H3. The van der Waals surface area contributed by atoms with Crippen molar-refractivity contribution in [1.29, 1.82) is 0 Å². The molecule has 0 aromatic heterocycles. The molecule has 0 aliphatic rings. The number of benzene rings is 2. The van der Waals surface area contributed by atoms with Crippen LogP contribution < -0.4 is 10.5 Å². The lowest BCUT2D eigenvalue weighted by atomic mass is 9.99. The molecule has 2 aromatic carbocycles. The SMILES string of the molecule is COc1ccc(Br)cc1C(N)c1cc(Br)ccc1Br. The number of hydrogen-bond donors (Lipinski definition) is 1. The second kappa shape index (κ2) is 6.39. The summed E-state index contributed by atoms with van der Waals surface area (Å²) in [6.07, 6.45) is 0. The number of rotatable bonds is 3. The van der Waals surface area contributed by atoms with Gasteiger partial charge in [0.05, 0.1) is 13.2 Å². The van der Waals surface area contributed by atoms with E-state index in [1.165, 1.54) is 0 Å². The Morgan fingerprint density at radius 3 is 2.16 bits per heavy atom. The Kier molecular flexibility index (Phi) is 5.06. The van der Waals surface area contributed by atoms with E-state index in [1.807, 2.05) is 36.4 Å². The molecular formula is C14H12Br3NO. The van der Waals surface area contributed by atoms with Crippen molar-refractivity contribution in [2.24, 2.45) is 5.73 Å². The summed E-state index contributed by atoms with van der Waals surface area (Å²) >= 11 is 10.5. The van der Waals surface area contributed by atoms with E-state index in [0.717, 1.165) is 30.3 Å². The lowest BCUT2D eigenvalue weighted by Gasteiger charge is -2.18. The summed E-state index contributed by atoms with van der Waals surface area (Å²) in [6.45, 7) is 0. The van der Waals surface area contributed by atoms with E-state index < -0.39 is 0 Å². The Morgan fingerprint density at radius 2 is 1.53 bits per heavy atom. The van der Waals surface area contributed by atoms with Gasteiger partial charge in [-0.3, -0.25) is 0 Å². The topological polar surface area (TPSA) is 35.2 Å². The summed E-state index contributed by atoms with van der Waals surface area (Å²) in [5.41, 5.74) is 8.33. The van der Waals surface area contributed by atoms with Gasteiger partial charge < -0.3 is 10.5 Å². The van der Waals surface area contributed by atoms with Gasteiger partial charge in [0.1, 0.15) is 5.75 Å². The highest BCUT2D eigenvalue weighted by Gasteiger charge is 2.17. The molecule has 0 saturated carbocycles. The Hall–Kier alpha value is -0.360. The van der Waals surface area contributed by atoms with Crippen molar-refractivity contribution >= 4 is 47.8 Å². The quantitative estimate of drug-likeness (QED) is 0.713. The van der Waals surface area contributed by atoms with Crippen LogP contribution in [0, 0.1) is 0 Å². The highest BCUT2D eigenvalue weighted by molar-refractivity contribution is 9.11. The molecule has 0 amide bonds. The zero-order chi connectivity index (χ0) is 14.0. The van der Waals surface area contributed by atoms with E-state index in [-0.39, 0.29) is 6.04 Å². The fraction of sp³-hybridized carbons (Fsp3) is 0.143. The summed E-state index contributed by atoms with van der Waals surface area (Å²) < 4.78 is 8.33. The summed E-state index contributed by atoms with van der Waals surface area (Å²) in [7, 11) is 1.65. The molecule has 0 bridgehead atoms. The van der Waals surface area contributed by atoms with Crippen molar-refractivity contribution in [3.05, 3.63) is 60.9 Å². The molecule has 0 aliphatic heterocycles. The molecule has 1 unspecified atom stereocenters. The Morgan fingerprint density at radius 1 is 0.947 bits per heavy atom. The minimum absolute atomic E-state index is 0.265. The number of nitrogens with two attached hydrogens (primary N) is 1. The number of halogens is 3. The minimum atomic E-state index is -0.265. The highest BCUT2D eigenvalue weighted by Crippen LogP contribution is 2.35. The van der Waals surface area contributed by atoms with E-state index >= 15 is 0 Å². The largest absolute Gasteiger partial charge is 0.496 e. The molecule has 19 heavy (non-hydrogen) atoms. The normalized spacial score (nSPS) is 12.3. The molecular weight excluding hydrogens is 438 g/mol. The van der Waals surface area contributed by atoms with E-state index in [2.05, 4.69) is 47.8 Å². The molecule has 5 heteroatoms. The number of hydrogen-bond acceptors (Lipinski definition) is 2. The number of ether oxygens (including phenoxy) is 1. The minimum Gasteiger partial charge on any atom is -0.496 e. The van der Waals surface area contributed by atoms with E-state index in [0.29, 0.717) is 0 Å². The van der Waals surface area contributed by atoms with Gasteiger partial charge >= 0.3 is 0 Å². The van der Waals surface area contributed by atoms with Crippen LogP contribution in [0.2, 0.25) is 0 Å². The van der Waals surface area contributed by atoms with Crippen molar-refractivity contribution in [3.63, 3.8) is 0 Å². The fourth-order valence-electron chi connectivity index (χ4n) is 1.87. The van der Waals surface area contributed by atoms with Crippen LogP contribution in [0.5, 0.6) is 5.75 Å². The van der Waals surface area contributed by atoms with E-state index in [4.69, 9.17) is 10.5 Å². The molecule has 1 atom stereocenters. The first-order chi connectivity index (χ1) is 9.02. The van der Waals surface area contributed by atoms with Gasteiger partial charge in [-0.1, -0.05) is 47.8 Å². The maximum Gasteiger partial charge on any atom is 0.124 e. The first kappa shape index (κ1) is 15.0. The first-order valence-electron chi connectivity index (χ1n) is 5.57. The second-order valence-electron chi connectivity index (χ2n) is 4.03. The van der Waals surface area contributed by atoms with Gasteiger partial charge in [-0.2, -0.15) is 0 Å². The first-order valence-corrected chi connectivity index (χ1v) is 7.95. The van der Waals surface area contributed by atoms with Gasteiger partial charge in [-0.15, -0.1) is 0 Å². The molecule has 2 rings (SSSR count). The maximum absolute atomic E-state index is 6.38. The van der Waals surface area contributed by atoms with Crippen LogP contribution in [0.4, 0.5) is 0 Å². The van der Waals surface area contributed by atoms with Crippen molar-refractivity contribution in [2.45, 2.75) is 6.04 Å². The zero-order valence-electron chi connectivity index (χ0n) is 10.2. The molecule has 0 heterocycles. The van der Waals surface area contributed by atoms with Gasteiger partial charge in [0.2, 0.25) is 0 Å². The van der Waals surface area contributed by atoms with Crippen LogP contribution in [0.3, 0.4) is 0 Å². The van der Waals surface area contributed by atoms with Crippen LogP contribution >= 0.6 is 47.8 Å². The third kappa shape index (κ3) is 3.40. The van der Waals surface area contributed by atoms with Gasteiger partial charge in [0.25, 0.3) is 0 Å². The molecule has 2 aromatic rings. The Bertz CT molecular complexity index is 601. The van der Waals surface area contributed by atoms with Crippen LogP contribution in [0.15, 0.2) is 49.8 Å². The van der Waals surface area contributed by atoms with Crippen LogP contribution in [-0.2, 0) is 0 Å². The summed E-state index contributed by atoms with van der Waals surface area (Å²) in [6, 6.07) is 11.5. The predicted molar refractivity (Wildman–Crippen MR) is 88.6 cm³/mol. The molecule has 2 nitrogen and oxygen atoms in total. The molecule has 0 spiro atoms. The third-order valence-electron chi connectivity index (χ3n) is 2.82. The maximum atomic E-state index is 6.38. The summed E-state index contributed by atoms with van der Waals surface area (Å²) in [4.78, 5) is 0. The zero-order valence-corrected chi connectivity index (χ0v) is 14.9. The Labute approximate surface area is 137 Å². The molecule has 0 radical (unpaired) electrons. The highest BCUT2D eigenvalue weighted by atomic mass is 79.9. The molecule has 0 fully saturated rings. The molecule has 100 valence electrons. The number of methoxy groups -OCH3 is 1. The van der Waals surface area contributed by atoms with E-state index in [9.17, 15) is 0 Å². The lowest BCUT2D eigenvalue weighted by molar-refractivity contribution is 0.407. The van der Waals surface area contributed by atoms with Crippen molar-refractivity contribution in [1.82, 2.24) is 0 Å². The van der Waals surface area contributed by atoms with Gasteiger partial charge in [-0.05, 0) is 42.0 Å². The van der Waals surface area contributed by atoms with Crippen molar-refractivity contribution in [3.8, 4) is 5.75 Å². The summed E-state index contributed by atoms with van der Waals surface area (Å²) in [5.74, 6) is 0.780. The van der Waals surface area contributed by atoms with Gasteiger partial charge in [0.15, 0.2) is 0 Å². The monoisotopic (exact) mass is 447 g/mol. The third-order valence-corrected chi connectivity index (χ3v) is 4.53. The van der Waals surface area contributed by atoms with Crippen LogP contribution in [0.25, 0.3) is 0 Å². The van der Waals surface area contributed by atoms with E-state index in [1.54, 1.807) is 7.11 Å².